The predicted octanol–water partition coefficient (Wildman–Crippen LogP) is 3.73. The standard InChI is InChI=1S/C21H25N5O2S/c1-5-28-17-11-7-6-10-16(17)26-19(15-9-8-12-22-13-15)24-25-20(26)29-14-18(27)23-21(2,3)4/h6-13H,5,14H2,1-4H3,(H,23,27). The second-order valence-corrected chi connectivity index (χ2v) is 8.31. The number of thioether (sulfide) groups is 1. The minimum atomic E-state index is -0.284. The number of benzene rings is 1. The van der Waals surface area contributed by atoms with Crippen LogP contribution in [-0.4, -0.2) is 43.6 Å². The Morgan fingerprint density at radius 1 is 1.17 bits per heavy atom. The van der Waals surface area contributed by atoms with E-state index in [4.69, 9.17) is 4.74 Å². The molecular formula is C21H25N5O2S. The molecule has 29 heavy (non-hydrogen) atoms. The number of hydrogen-bond acceptors (Lipinski definition) is 6. The summed E-state index contributed by atoms with van der Waals surface area (Å²) in [6, 6.07) is 11.5. The molecule has 0 spiro atoms. The van der Waals surface area contributed by atoms with Gasteiger partial charge < -0.3 is 10.1 Å². The van der Waals surface area contributed by atoms with Gasteiger partial charge in [-0.15, -0.1) is 10.2 Å². The molecule has 0 atom stereocenters. The van der Waals surface area contributed by atoms with E-state index in [1.54, 1.807) is 12.4 Å². The number of ether oxygens (including phenoxy) is 1. The van der Waals surface area contributed by atoms with Crippen LogP contribution >= 0.6 is 11.8 Å². The van der Waals surface area contributed by atoms with Gasteiger partial charge in [0, 0.05) is 23.5 Å². The topological polar surface area (TPSA) is 81.9 Å². The lowest BCUT2D eigenvalue weighted by Crippen LogP contribution is -2.41. The summed E-state index contributed by atoms with van der Waals surface area (Å²) in [5, 5.41) is 12.3. The summed E-state index contributed by atoms with van der Waals surface area (Å²) in [7, 11) is 0. The number of rotatable bonds is 7. The molecule has 0 bridgehead atoms. The summed E-state index contributed by atoms with van der Waals surface area (Å²) in [6.45, 7) is 8.35. The van der Waals surface area contributed by atoms with Crippen LogP contribution in [0.25, 0.3) is 17.1 Å². The van der Waals surface area contributed by atoms with Crippen LogP contribution in [0.15, 0.2) is 53.9 Å². The Hall–Kier alpha value is -2.87. The van der Waals surface area contributed by atoms with Crippen LogP contribution < -0.4 is 10.1 Å². The Morgan fingerprint density at radius 3 is 2.66 bits per heavy atom. The van der Waals surface area contributed by atoms with Gasteiger partial charge in [0.25, 0.3) is 0 Å². The Labute approximate surface area is 174 Å². The highest BCUT2D eigenvalue weighted by Crippen LogP contribution is 2.32. The third-order valence-electron chi connectivity index (χ3n) is 3.81. The van der Waals surface area contributed by atoms with Crippen molar-refractivity contribution < 1.29 is 9.53 Å². The third-order valence-corrected chi connectivity index (χ3v) is 4.73. The molecule has 0 saturated heterocycles. The van der Waals surface area contributed by atoms with Gasteiger partial charge in [0.1, 0.15) is 5.75 Å². The Bertz CT molecular complexity index is 967. The molecule has 1 amide bonds. The molecule has 0 radical (unpaired) electrons. The first-order valence-electron chi connectivity index (χ1n) is 9.41. The van der Waals surface area contributed by atoms with Gasteiger partial charge in [0.05, 0.1) is 18.0 Å². The molecule has 1 aromatic carbocycles. The van der Waals surface area contributed by atoms with E-state index in [-0.39, 0.29) is 17.2 Å². The van der Waals surface area contributed by atoms with Crippen LogP contribution in [0.4, 0.5) is 0 Å². The summed E-state index contributed by atoms with van der Waals surface area (Å²) in [5.74, 6) is 1.54. The summed E-state index contributed by atoms with van der Waals surface area (Å²) in [4.78, 5) is 16.5. The summed E-state index contributed by atoms with van der Waals surface area (Å²) >= 11 is 1.33. The first-order valence-corrected chi connectivity index (χ1v) is 10.4. The van der Waals surface area contributed by atoms with Gasteiger partial charge in [-0.1, -0.05) is 23.9 Å². The van der Waals surface area contributed by atoms with Crippen LogP contribution in [0.5, 0.6) is 5.75 Å². The van der Waals surface area contributed by atoms with Gasteiger partial charge in [-0.3, -0.25) is 14.3 Å². The van der Waals surface area contributed by atoms with Crippen molar-refractivity contribution in [2.75, 3.05) is 12.4 Å². The number of carbonyl (C=O) groups is 1. The van der Waals surface area contributed by atoms with Crippen LogP contribution in [0.3, 0.4) is 0 Å². The number of pyridine rings is 1. The lowest BCUT2D eigenvalue weighted by atomic mass is 10.1. The average Bonchev–Trinajstić information content (AvgIpc) is 3.10. The van der Waals surface area contributed by atoms with Crippen LogP contribution in [0.2, 0.25) is 0 Å². The van der Waals surface area contributed by atoms with Gasteiger partial charge >= 0.3 is 0 Å². The number of para-hydroxylation sites is 2. The molecule has 7 nitrogen and oxygen atoms in total. The fraction of sp³-hybridized carbons (Fsp3) is 0.333. The molecule has 8 heteroatoms. The van der Waals surface area contributed by atoms with E-state index in [0.29, 0.717) is 17.6 Å². The smallest absolute Gasteiger partial charge is 0.230 e. The molecular weight excluding hydrogens is 386 g/mol. The fourth-order valence-electron chi connectivity index (χ4n) is 2.77. The van der Waals surface area contributed by atoms with E-state index >= 15 is 0 Å². The SMILES string of the molecule is CCOc1ccccc1-n1c(SCC(=O)NC(C)(C)C)nnc1-c1cccnc1. The minimum Gasteiger partial charge on any atom is -0.492 e. The number of nitrogens with zero attached hydrogens (tertiary/aromatic N) is 4. The lowest BCUT2D eigenvalue weighted by Gasteiger charge is -2.20. The van der Waals surface area contributed by atoms with Gasteiger partial charge in [0.15, 0.2) is 11.0 Å². The van der Waals surface area contributed by atoms with Crippen molar-refractivity contribution in [1.29, 1.82) is 0 Å². The zero-order valence-corrected chi connectivity index (χ0v) is 17.9. The molecule has 152 valence electrons. The molecule has 0 aliphatic heterocycles. The molecule has 3 rings (SSSR count). The molecule has 0 unspecified atom stereocenters. The van der Waals surface area contributed by atoms with Crippen molar-refractivity contribution in [3.05, 3.63) is 48.8 Å². The first-order chi connectivity index (χ1) is 13.9. The molecule has 0 fully saturated rings. The van der Waals surface area contributed by atoms with Crippen molar-refractivity contribution in [3.8, 4) is 22.8 Å². The zero-order valence-electron chi connectivity index (χ0n) is 17.0. The molecule has 1 N–H and O–H groups in total. The first kappa shape index (κ1) is 20.9. The van der Waals surface area contributed by atoms with Crippen molar-refractivity contribution in [2.24, 2.45) is 0 Å². The quantitative estimate of drug-likeness (QED) is 0.597. The summed E-state index contributed by atoms with van der Waals surface area (Å²) < 4.78 is 7.73. The maximum atomic E-state index is 12.3. The van der Waals surface area contributed by atoms with Gasteiger partial charge in [-0.2, -0.15) is 0 Å². The maximum absolute atomic E-state index is 12.3. The number of carbonyl (C=O) groups excluding carboxylic acids is 1. The molecule has 0 saturated carbocycles. The Morgan fingerprint density at radius 2 is 1.97 bits per heavy atom. The van der Waals surface area contributed by atoms with E-state index < -0.39 is 0 Å². The maximum Gasteiger partial charge on any atom is 0.230 e. The van der Waals surface area contributed by atoms with Crippen molar-refractivity contribution in [2.45, 2.75) is 38.4 Å². The van der Waals surface area contributed by atoms with Crippen molar-refractivity contribution in [3.63, 3.8) is 0 Å². The van der Waals surface area contributed by atoms with E-state index in [0.717, 1.165) is 17.0 Å². The molecule has 2 aromatic heterocycles. The molecule has 0 aliphatic carbocycles. The van der Waals surface area contributed by atoms with Gasteiger partial charge in [-0.25, -0.2) is 0 Å². The Balaban J connectivity index is 2.00. The third kappa shape index (κ3) is 5.35. The number of amides is 1. The van der Waals surface area contributed by atoms with E-state index in [9.17, 15) is 4.79 Å². The van der Waals surface area contributed by atoms with E-state index in [2.05, 4.69) is 20.5 Å². The largest absolute Gasteiger partial charge is 0.492 e. The fourth-order valence-corrected chi connectivity index (χ4v) is 3.51. The highest BCUT2D eigenvalue weighted by Gasteiger charge is 2.21. The zero-order chi connectivity index (χ0) is 20.9. The Kier molecular flexibility index (Phi) is 6.53. The molecule has 2 heterocycles. The van der Waals surface area contributed by atoms with Crippen LogP contribution in [0, 0.1) is 0 Å². The van der Waals surface area contributed by atoms with Gasteiger partial charge in [-0.05, 0) is 52.0 Å². The number of hydrogen-bond donors (Lipinski definition) is 1. The monoisotopic (exact) mass is 411 g/mol. The molecule has 3 aromatic rings. The van der Waals surface area contributed by atoms with Crippen LogP contribution in [0.1, 0.15) is 27.7 Å². The number of aromatic nitrogens is 4. The second-order valence-electron chi connectivity index (χ2n) is 7.37. The normalized spacial score (nSPS) is 11.3. The van der Waals surface area contributed by atoms with Crippen LogP contribution in [-0.2, 0) is 4.79 Å². The highest BCUT2D eigenvalue weighted by atomic mass is 32.2. The van der Waals surface area contributed by atoms with E-state index in [1.807, 2.05) is 68.7 Å². The van der Waals surface area contributed by atoms with Crippen molar-refractivity contribution >= 4 is 17.7 Å². The summed E-state index contributed by atoms with van der Waals surface area (Å²) in [6.07, 6.45) is 3.45. The van der Waals surface area contributed by atoms with Gasteiger partial charge in [0.2, 0.25) is 5.91 Å². The van der Waals surface area contributed by atoms with Crippen molar-refractivity contribution in [1.82, 2.24) is 25.1 Å². The highest BCUT2D eigenvalue weighted by molar-refractivity contribution is 7.99. The predicted molar refractivity (Wildman–Crippen MR) is 114 cm³/mol. The summed E-state index contributed by atoms with van der Waals surface area (Å²) in [5.41, 5.74) is 1.36. The minimum absolute atomic E-state index is 0.0573. The lowest BCUT2D eigenvalue weighted by molar-refractivity contribution is -0.119. The second kappa shape index (κ2) is 9.09. The number of nitrogens with one attached hydrogen (secondary N) is 1. The molecule has 0 aliphatic rings. The van der Waals surface area contributed by atoms with E-state index in [1.165, 1.54) is 11.8 Å². The average molecular weight is 412 g/mol.